The standard InChI is InChI=1S/C19H25N5OS/c1-14(17(25)20-15-10-11-15)26-19-22-21-18(23-12-6-3-7-13-23)24(19)16-8-4-2-5-9-16/h2,4-5,8-9,14-15H,3,6-7,10-13H2,1H3,(H,20,25)/t14-/m0/s1. The summed E-state index contributed by atoms with van der Waals surface area (Å²) < 4.78 is 2.09. The number of piperidine rings is 1. The van der Waals surface area contributed by atoms with Crippen LogP contribution in [0.4, 0.5) is 5.95 Å². The predicted molar refractivity (Wildman–Crippen MR) is 104 cm³/mol. The second-order valence-electron chi connectivity index (χ2n) is 7.04. The second-order valence-corrected chi connectivity index (χ2v) is 8.35. The highest BCUT2D eigenvalue weighted by atomic mass is 32.2. The number of aromatic nitrogens is 3. The van der Waals surface area contributed by atoms with E-state index in [1.165, 1.54) is 31.0 Å². The van der Waals surface area contributed by atoms with Gasteiger partial charge < -0.3 is 10.2 Å². The van der Waals surface area contributed by atoms with Crippen molar-refractivity contribution in [3.05, 3.63) is 30.3 Å². The largest absolute Gasteiger partial charge is 0.352 e. The van der Waals surface area contributed by atoms with Gasteiger partial charge in [-0.05, 0) is 51.2 Å². The van der Waals surface area contributed by atoms with Crippen molar-refractivity contribution in [2.45, 2.75) is 55.5 Å². The first-order valence-corrected chi connectivity index (χ1v) is 10.3. The third-order valence-electron chi connectivity index (χ3n) is 4.84. The molecule has 26 heavy (non-hydrogen) atoms. The Morgan fingerprint density at radius 3 is 2.58 bits per heavy atom. The molecule has 138 valence electrons. The monoisotopic (exact) mass is 371 g/mol. The number of amides is 1. The molecular weight excluding hydrogens is 346 g/mol. The van der Waals surface area contributed by atoms with Gasteiger partial charge in [-0.15, -0.1) is 10.2 Å². The highest BCUT2D eigenvalue weighted by Gasteiger charge is 2.28. The molecule has 4 rings (SSSR count). The Labute approximate surface area is 158 Å². The molecule has 2 fully saturated rings. The molecule has 1 N–H and O–H groups in total. The van der Waals surface area contributed by atoms with Gasteiger partial charge in [-0.2, -0.15) is 0 Å². The summed E-state index contributed by atoms with van der Waals surface area (Å²) >= 11 is 1.48. The summed E-state index contributed by atoms with van der Waals surface area (Å²) in [6.07, 6.45) is 5.84. The number of hydrogen-bond donors (Lipinski definition) is 1. The van der Waals surface area contributed by atoms with Crippen LogP contribution in [0.2, 0.25) is 0 Å². The van der Waals surface area contributed by atoms with Crippen molar-refractivity contribution in [1.82, 2.24) is 20.1 Å². The normalized spacial score (nSPS) is 18.6. The van der Waals surface area contributed by atoms with E-state index in [2.05, 4.69) is 37.1 Å². The molecule has 6 nitrogen and oxygen atoms in total. The number of nitrogens with one attached hydrogen (secondary N) is 1. The molecule has 1 aromatic heterocycles. The van der Waals surface area contributed by atoms with Crippen molar-refractivity contribution in [1.29, 1.82) is 0 Å². The first kappa shape index (κ1) is 17.4. The van der Waals surface area contributed by atoms with Crippen LogP contribution in [0.3, 0.4) is 0 Å². The zero-order valence-corrected chi connectivity index (χ0v) is 15.9. The fraction of sp³-hybridized carbons (Fsp3) is 0.526. The van der Waals surface area contributed by atoms with E-state index < -0.39 is 0 Å². The van der Waals surface area contributed by atoms with Gasteiger partial charge in [0.15, 0.2) is 5.16 Å². The molecule has 0 radical (unpaired) electrons. The average molecular weight is 372 g/mol. The fourth-order valence-corrected chi connectivity index (χ4v) is 4.07. The Kier molecular flexibility index (Phi) is 5.15. The Balaban J connectivity index is 1.61. The third-order valence-corrected chi connectivity index (χ3v) is 5.89. The Bertz CT molecular complexity index is 753. The lowest BCUT2D eigenvalue weighted by Gasteiger charge is -2.28. The summed E-state index contributed by atoms with van der Waals surface area (Å²) in [5, 5.41) is 12.6. The summed E-state index contributed by atoms with van der Waals surface area (Å²) in [7, 11) is 0. The molecule has 1 aliphatic carbocycles. The zero-order chi connectivity index (χ0) is 17.9. The molecular formula is C19H25N5OS. The first-order valence-electron chi connectivity index (χ1n) is 9.45. The number of benzene rings is 1. The van der Waals surface area contributed by atoms with E-state index in [4.69, 9.17) is 0 Å². The van der Waals surface area contributed by atoms with Crippen LogP contribution in [0, 0.1) is 0 Å². The molecule has 0 spiro atoms. The number of rotatable bonds is 6. The first-order chi connectivity index (χ1) is 12.7. The van der Waals surface area contributed by atoms with Crippen LogP contribution in [0.15, 0.2) is 35.5 Å². The molecule has 2 heterocycles. The smallest absolute Gasteiger partial charge is 0.233 e. The lowest BCUT2D eigenvalue weighted by Crippen LogP contribution is -2.33. The Morgan fingerprint density at radius 1 is 1.15 bits per heavy atom. The van der Waals surface area contributed by atoms with Gasteiger partial charge in [0.05, 0.1) is 10.9 Å². The van der Waals surface area contributed by atoms with Gasteiger partial charge in [-0.1, -0.05) is 30.0 Å². The van der Waals surface area contributed by atoms with Gasteiger partial charge in [-0.25, -0.2) is 0 Å². The van der Waals surface area contributed by atoms with E-state index in [9.17, 15) is 4.79 Å². The van der Waals surface area contributed by atoms with E-state index in [0.29, 0.717) is 6.04 Å². The molecule has 1 saturated carbocycles. The summed E-state index contributed by atoms with van der Waals surface area (Å²) in [6.45, 7) is 3.95. The number of anilines is 1. The van der Waals surface area contributed by atoms with Gasteiger partial charge in [0.2, 0.25) is 11.9 Å². The fourth-order valence-electron chi connectivity index (χ4n) is 3.20. The highest BCUT2D eigenvalue weighted by molar-refractivity contribution is 8.00. The van der Waals surface area contributed by atoms with Crippen LogP contribution in [-0.2, 0) is 4.79 Å². The second kappa shape index (κ2) is 7.70. The molecule has 1 aromatic carbocycles. The molecule has 2 aliphatic rings. The number of hydrogen-bond acceptors (Lipinski definition) is 5. The molecule has 1 atom stereocenters. The van der Waals surface area contributed by atoms with Gasteiger partial charge >= 0.3 is 0 Å². The topological polar surface area (TPSA) is 63.1 Å². The summed E-state index contributed by atoms with van der Waals surface area (Å²) in [5.74, 6) is 0.966. The minimum Gasteiger partial charge on any atom is -0.352 e. The SMILES string of the molecule is C[C@H](Sc1nnc(N2CCCCC2)n1-c1ccccc1)C(=O)NC1CC1. The van der Waals surface area contributed by atoms with Crippen LogP contribution >= 0.6 is 11.8 Å². The van der Waals surface area contributed by atoms with Crippen LogP contribution in [0.5, 0.6) is 0 Å². The summed E-state index contributed by atoms with van der Waals surface area (Å²) in [6, 6.07) is 10.6. The van der Waals surface area contributed by atoms with E-state index >= 15 is 0 Å². The zero-order valence-electron chi connectivity index (χ0n) is 15.1. The molecule has 1 aliphatic heterocycles. The Hall–Kier alpha value is -2.02. The maximum absolute atomic E-state index is 12.4. The van der Waals surface area contributed by atoms with Crippen LogP contribution in [0.1, 0.15) is 39.0 Å². The van der Waals surface area contributed by atoms with Crippen molar-refractivity contribution in [2.75, 3.05) is 18.0 Å². The lowest BCUT2D eigenvalue weighted by atomic mass is 10.1. The van der Waals surface area contributed by atoms with Gasteiger partial charge in [-0.3, -0.25) is 9.36 Å². The minimum atomic E-state index is -0.198. The van der Waals surface area contributed by atoms with Crippen LogP contribution in [-0.4, -0.2) is 45.1 Å². The van der Waals surface area contributed by atoms with Crippen LogP contribution in [0.25, 0.3) is 5.69 Å². The van der Waals surface area contributed by atoms with Crippen LogP contribution < -0.4 is 10.2 Å². The summed E-state index contributed by atoms with van der Waals surface area (Å²) in [4.78, 5) is 14.7. The molecule has 1 saturated heterocycles. The number of carbonyl (C=O) groups excluding carboxylic acids is 1. The molecule has 0 bridgehead atoms. The van der Waals surface area contributed by atoms with Crippen molar-refractivity contribution < 1.29 is 4.79 Å². The maximum atomic E-state index is 12.4. The van der Waals surface area contributed by atoms with Crippen molar-refractivity contribution in [2.24, 2.45) is 0 Å². The average Bonchev–Trinajstić information content (AvgIpc) is 3.40. The minimum absolute atomic E-state index is 0.0830. The third kappa shape index (κ3) is 3.87. The maximum Gasteiger partial charge on any atom is 0.233 e. The molecule has 2 aromatic rings. The predicted octanol–water partition coefficient (Wildman–Crippen LogP) is 3.02. The molecule has 1 amide bonds. The van der Waals surface area contributed by atoms with Gasteiger partial charge in [0.25, 0.3) is 0 Å². The van der Waals surface area contributed by atoms with Crippen molar-refractivity contribution >= 4 is 23.6 Å². The van der Waals surface area contributed by atoms with E-state index in [1.54, 1.807) is 0 Å². The van der Waals surface area contributed by atoms with Gasteiger partial charge in [0.1, 0.15) is 0 Å². The van der Waals surface area contributed by atoms with E-state index in [-0.39, 0.29) is 11.2 Å². The lowest BCUT2D eigenvalue weighted by molar-refractivity contribution is -0.120. The number of nitrogens with zero attached hydrogens (tertiary/aromatic N) is 4. The van der Waals surface area contributed by atoms with E-state index in [1.807, 2.05) is 25.1 Å². The van der Waals surface area contributed by atoms with Crippen molar-refractivity contribution in [3.63, 3.8) is 0 Å². The van der Waals surface area contributed by atoms with Gasteiger partial charge in [0, 0.05) is 19.1 Å². The van der Waals surface area contributed by atoms with E-state index in [0.717, 1.165) is 42.7 Å². The summed E-state index contributed by atoms with van der Waals surface area (Å²) in [5.41, 5.74) is 1.04. The number of thioether (sulfide) groups is 1. The molecule has 0 unspecified atom stereocenters. The number of carbonyl (C=O) groups is 1. The van der Waals surface area contributed by atoms with Crippen molar-refractivity contribution in [3.8, 4) is 5.69 Å². The highest BCUT2D eigenvalue weighted by Crippen LogP contribution is 2.31. The quantitative estimate of drug-likeness (QED) is 0.791. The Morgan fingerprint density at radius 2 is 1.88 bits per heavy atom. The molecule has 7 heteroatoms. The number of para-hydroxylation sites is 1.